The summed E-state index contributed by atoms with van der Waals surface area (Å²) >= 11 is 0. The lowest BCUT2D eigenvalue weighted by atomic mass is 9.92. The summed E-state index contributed by atoms with van der Waals surface area (Å²) < 4.78 is 0. The first-order chi connectivity index (χ1) is 13.0. The fraction of sp³-hybridized carbons (Fsp3) is 0.909. The first-order valence-electron chi connectivity index (χ1n) is 11.0. The zero-order chi connectivity index (χ0) is 20.9. The van der Waals surface area contributed by atoms with Crippen LogP contribution in [0.2, 0.25) is 0 Å². The van der Waals surface area contributed by atoms with Gasteiger partial charge < -0.3 is 10.6 Å². The number of nitrogens with one attached hydrogen (secondary N) is 2. The maximum absolute atomic E-state index is 12.8. The Hall–Kier alpha value is -1.14. The minimum Gasteiger partial charge on any atom is -0.354 e. The van der Waals surface area contributed by atoms with Crippen LogP contribution < -0.4 is 10.6 Å². The smallest absolute Gasteiger partial charge is 0.224 e. The van der Waals surface area contributed by atoms with E-state index in [0.717, 1.165) is 58.3 Å². The molecule has 28 heavy (non-hydrogen) atoms. The topological polar surface area (TPSA) is 64.7 Å². The van der Waals surface area contributed by atoms with Gasteiger partial charge in [0.15, 0.2) is 0 Å². The van der Waals surface area contributed by atoms with Crippen LogP contribution in [0.5, 0.6) is 0 Å². The van der Waals surface area contributed by atoms with E-state index in [1.54, 1.807) is 6.92 Å². The van der Waals surface area contributed by atoms with Gasteiger partial charge in [0.2, 0.25) is 11.8 Å². The van der Waals surface area contributed by atoms with E-state index in [-0.39, 0.29) is 34.9 Å². The SMILES string of the molecule is CC(=O)NC1CCCN(C(C)(C)CNC(=O)C2CCCN(C(C)(C)C)C2)CC1. The molecule has 162 valence electrons. The normalized spacial score (nSPS) is 25.8. The van der Waals surface area contributed by atoms with E-state index in [2.05, 4.69) is 55.1 Å². The standard InChI is InChI=1S/C22H42N4O2/c1-17(27)24-19-10-8-12-25(14-11-19)22(5,6)16-23-20(28)18-9-7-13-26(15-18)21(2,3)4/h18-19H,7-16H2,1-6H3,(H,23,28)(H,24,27). The maximum Gasteiger partial charge on any atom is 0.224 e. The van der Waals surface area contributed by atoms with Gasteiger partial charge in [0, 0.05) is 43.7 Å². The highest BCUT2D eigenvalue weighted by Gasteiger charge is 2.33. The molecule has 0 aromatic heterocycles. The molecule has 2 atom stereocenters. The number of carbonyl (C=O) groups excluding carboxylic acids is 2. The van der Waals surface area contributed by atoms with Crippen molar-refractivity contribution < 1.29 is 9.59 Å². The fourth-order valence-corrected chi connectivity index (χ4v) is 4.49. The lowest BCUT2D eigenvalue weighted by Gasteiger charge is -2.42. The Balaban J connectivity index is 1.85. The average Bonchev–Trinajstić information content (AvgIpc) is 2.84. The largest absolute Gasteiger partial charge is 0.354 e. The molecule has 2 saturated heterocycles. The number of piperidine rings is 1. The van der Waals surface area contributed by atoms with Gasteiger partial charge in [-0.1, -0.05) is 0 Å². The number of carbonyl (C=O) groups is 2. The number of nitrogens with zero attached hydrogens (tertiary/aromatic N) is 2. The minimum atomic E-state index is -0.0842. The van der Waals surface area contributed by atoms with Crippen LogP contribution >= 0.6 is 0 Å². The van der Waals surface area contributed by atoms with Gasteiger partial charge in [-0.05, 0) is 79.8 Å². The molecule has 0 bridgehead atoms. The van der Waals surface area contributed by atoms with E-state index in [9.17, 15) is 9.59 Å². The van der Waals surface area contributed by atoms with Gasteiger partial charge in [-0.2, -0.15) is 0 Å². The van der Waals surface area contributed by atoms with Gasteiger partial charge in [0.05, 0.1) is 5.92 Å². The fourth-order valence-electron chi connectivity index (χ4n) is 4.49. The Morgan fingerprint density at radius 3 is 2.21 bits per heavy atom. The molecule has 0 spiro atoms. The molecule has 0 saturated carbocycles. The molecule has 2 amide bonds. The van der Waals surface area contributed by atoms with E-state index >= 15 is 0 Å². The molecule has 0 radical (unpaired) electrons. The molecule has 2 N–H and O–H groups in total. The number of rotatable bonds is 5. The van der Waals surface area contributed by atoms with E-state index in [0.29, 0.717) is 6.54 Å². The average molecular weight is 395 g/mol. The predicted octanol–water partition coefficient (Wildman–Crippen LogP) is 2.38. The van der Waals surface area contributed by atoms with Crippen LogP contribution in [0.4, 0.5) is 0 Å². The number of likely N-dealkylation sites (tertiary alicyclic amines) is 2. The van der Waals surface area contributed by atoms with Crippen LogP contribution in [0.1, 0.15) is 73.6 Å². The molecule has 0 aromatic rings. The summed E-state index contributed by atoms with van der Waals surface area (Å²) in [4.78, 5) is 29.1. The third-order valence-corrected chi connectivity index (χ3v) is 6.43. The van der Waals surface area contributed by atoms with Crippen molar-refractivity contribution in [1.29, 1.82) is 0 Å². The summed E-state index contributed by atoms with van der Waals surface area (Å²) in [5, 5.41) is 6.31. The number of hydrogen-bond acceptors (Lipinski definition) is 4. The van der Waals surface area contributed by atoms with E-state index in [1.807, 2.05) is 0 Å². The molecule has 2 heterocycles. The van der Waals surface area contributed by atoms with Gasteiger partial charge in [-0.25, -0.2) is 0 Å². The van der Waals surface area contributed by atoms with Gasteiger partial charge in [0.25, 0.3) is 0 Å². The molecule has 2 fully saturated rings. The second kappa shape index (κ2) is 9.57. The minimum absolute atomic E-state index is 0.0572. The quantitative estimate of drug-likeness (QED) is 0.751. The van der Waals surface area contributed by atoms with Gasteiger partial charge in [0.1, 0.15) is 0 Å². The molecular weight excluding hydrogens is 352 g/mol. The molecule has 6 nitrogen and oxygen atoms in total. The van der Waals surface area contributed by atoms with Crippen LogP contribution in [0.15, 0.2) is 0 Å². The Labute approximate surface area is 171 Å². The van der Waals surface area contributed by atoms with Crippen molar-refractivity contribution in [3.05, 3.63) is 0 Å². The lowest BCUT2D eigenvalue weighted by Crippen LogP contribution is -2.55. The van der Waals surface area contributed by atoms with Crippen LogP contribution in [-0.4, -0.2) is 71.5 Å². The number of amides is 2. The molecule has 2 aliphatic heterocycles. The van der Waals surface area contributed by atoms with Crippen LogP contribution in [0.3, 0.4) is 0 Å². The lowest BCUT2D eigenvalue weighted by molar-refractivity contribution is -0.128. The summed E-state index contributed by atoms with van der Waals surface area (Å²) in [5.41, 5.74) is 0.0356. The monoisotopic (exact) mass is 394 g/mol. The van der Waals surface area contributed by atoms with Crippen molar-refractivity contribution >= 4 is 11.8 Å². The highest BCUT2D eigenvalue weighted by atomic mass is 16.2. The van der Waals surface area contributed by atoms with Gasteiger partial charge >= 0.3 is 0 Å². The van der Waals surface area contributed by atoms with Crippen LogP contribution in [0, 0.1) is 5.92 Å². The summed E-state index contributed by atoms with van der Waals surface area (Å²) in [7, 11) is 0. The van der Waals surface area contributed by atoms with Crippen molar-refractivity contribution in [3.8, 4) is 0 Å². The third-order valence-electron chi connectivity index (χ3n) is 6.43. The Morgan fingerprint density at radius 1 is 0.929 bits per heavy atom. The molecule has 2 unspecified atom stereocenters. The second-order valence-corrected chi connectivity index (χ2v) is 10.3. The van der Waals surface area contributed by atoms with Crippen LogP contribution in [0.25, 0.3) is 0 Å². The Kier molecular flexibility index (Phi) is 7.91. The molecule has 2 aliphatic rings. The summed E-state index contributed by atoms with van der Waals surface area (Å²) in [6, 6.07) is 0.276. The molecule has 0 aliphatic carbocycles. The molecular formula is C22H42N4O2. The summed E-state index contributed by atoms with van der Waals surface area (Å²) in [5.74, 6) is 0.354. The molecule has 0 aromatic carbocycles. The molecule has 2 rings (SSSR count). The third kappa shape index (κ3) is 6.73. The van der Waals surface area contributed by atoms with E-state index in [1.165, 1.54) is 0 Å². The van der Waals surface area contributed by atoms with Crippen LogP contribution in [-0.2, 0) is 9.59 Å². The number of hydrogen-bond donors (Lipinski definition) is 2. The van der Waals surface area contributed by atoms with Crippen molar-refractivity contribution in [2.24, 2.45) is 5.92 Å². The van der Waals surface area contributed by atoms with Crippen molar-refractivity contribution in [1.82, 2.24) is 20.4 Å². The van der Waals surface area contributed by atoms with Crippen molar-refractivity contribution in [2.45, 2.75) is 90.8 Å². The van der Waals surface area contributed by atoms with E-state index in [4.69, 9.17) is 0 Å². The van der Waals surface area contributed by atoms with Gasteiger partial charge in [-0.15, -0.1) is 0 Å². The first kappa shape index (κ1) is 23.1. The summed E-state index contributed by atoms with van der Waals surface area (Å²) in [6.07, 6.45) is 5.16. The summed E-state index contributed by atoms with van der Waals surface area (Å²) in [6.45, 7) is 17.3. The van der Waals surface area contributed by atoms with Gasteiger partial charge in [-0.3, -0.25) is 19.4 Å². The molecule has 6 heteroatoms. The van der Waals surface area contributed by atoms with Crippen molar-refractivity contribution in [2.75, 3.05) is 32.7 Å². The highest BCUT2D eigenvalue weighted by Crippen LogP contribution is 2.24. The van der Waals surface area contributed by atoms with Crippen molar-refractivity contribution in [3.63, 3.8) is 0 Å². The van der Waals surface area contributed by atoms with E-state index < -0.39 is 0 Å². The second-order valence-electron chi connectivity index (χ2n) is 10.3. The first-order valence-corrected chi connectivity index (χ1v) is 11.0. The highest BCUT2D eigenvalue weighted by molar-refractivity contribution is 5.79. The Bertz CT molecular complexity index is 541. The maximum atomic E-state index is 12.8. The zero-order valence-corrected chi connectivity index (χ0v) is 18.9. The Morgan fingerprint density at radius 2 is 1.57 bits per heavy atom. The zero-order valence-electron chi connectivity index (χ0n) is 18.9. The predicted molar refractivity (Wildman–Crippen MR) is 114 cm³/mol.